The van der Waals surface area contributed by atoms with Crippen molar-refractivity contribution in [2.45, 2.75) is 11.5 Å². The second-order valence-electron chi connectivity index (χ2n) is 5.64. The molecular formula is C17H14Cl2N2O4S. The van der Waals surface area contributed by atoms with Gasteiger partial charge in [0.15, 0.2) is 5.84 Å². The van der Waals surface area contributed by atoms with Crippen molar-refractivity contribution in [2.24, 2.45) is 4.40 Å². The molecule has 0 saturated carbocycles. The Labute approximate surface area is 161 Å². The zero-order chi connectivity index (χ0) is 18.9. The highest BCUT2D eigenvalue weighted by Crippen LogP contribution is 2.27. The maximum absolute atomic E-state index is 12.1. The van der Waals surface area contributed by atoms with Crippen LogP contribution in [0, 0.1) is 0 Å². The lowest BCUT2D eigenvalue weighted by atomic mass is 10.2. The number of esters is 1. The van der Waals surface area contributed by atoms with Crippen molar-refractivity contribution in [1.82, 2.24) is 4.90 Å². The van der Waals surface area contributed by atoms with Gasteiger partial charge in [-0.3, -0.25) is 4.79 Å². The van der Waals surface area contributed by atoms with Gasteiger partial charge in [-0.05, 0) is 24.3 Å². The topological polar surface area (TPSA) is 76.0 Å². The van der Waals surface area contributed by atoms with Gasteiger partial charge in [0.25, 0.3) is 10.0 Å². The first-order valence-electron chi connectivity index (χ1n) is 7.53. The van der Waals surface area contributed by atoms with Crippen LogP contribution in [0.3, 0.4) is 0 Å². The number of fused-ring (bicyclic) bond motifs is 1. The average Bonchev–Trinajstić information content (AvgIpc) is 2.86. The van der Waals surface area contributed by atoms with Gasteiger partial charge < -0.3 is 9.64 Å². The Bertz CT molecular complexity index is 1010. The van der Waals surface area contributed by atoms with E-state index in [1.54, 1.807) is 43.4 Å². The van der Waals surface area contributed by atoms with Gasteiger partial charge >= 0.3 is 5.97 Å². The predicted molar refractivity (Wildman–Crippen MR) is 99.1 cm³/mol. The Morgan fingerprint density at radius 3 is 2.65 bits per heavy atom. The number of likely N-dealkylation sites (N-methyl/N-ethyl adjacent to an activating group) is 1. The maximum atomic E-state index is 12.1. The van der Waals surface area contributed by atoms with Crippen LogP contribution < -0.4 is 0 Å². The van der Waals surface area contributed by atoms with E-state index in [1.807, 2.05) is 0 Å². The second kappa shape index (κ2) is 7.26. The number of ether oxygens (including phenoxy) is 1. The Morgan fingerprint density at radius 1 is 1.19 bits per heavy atom. The lowest BCUT2D eigenvalue weighted by Crippen LogP contribution is -2.32. The lowest BCUT2D eigenvalue weighted by molar-refractivity contribution is -0.145. The number of amidine groups is 1. The molecule has 0 fully saturated rings. The largest absolute Gasteiger partial charge is 0.459 e. The normalized spacial score (nSPS) is 14.5. The van der Waals surface area contributed by atoms with E-state index >= 15 is 0 Å². The highest BCUT2D eigenvalue weighted by molar-refractivity contribution is 7.90. The van der Waals surface area contributed by atoms with Crippen LogP contribution in [-0.4, -0.2) is 38.7 Å². The molecule has 1 aliphatic rings. The summed E-state index contributed by atoms with van der Waals surface area (Å²) >= 11 is 11.9. The van der Waals surface area contributed by atoms with Crippen molar-refractivity contribution in [3.63, 3.8) is 0 Å². The van der Waals surface area contributed by atoms with Crippen molar-refractivity contribution in [2.75, 3.05) is 13.6 Å². The Hall–Kier alpha value is -2.09. The third kappa shape index (κ3) is 3.85. The molecule has 0 atom stereocenters. The molecule has 0 spiro atoms. The number of carbonyl (C=O) groups is 1. The molecule has 1 heterocycles. The molecule has 0 amide bonds. The molecule has 1 aliphatic heterocycles. The lowest BCUT2D eigenvalue weighted by Gasteiger charge is -2.18. The van der Waals surface area contributed by atoms with Gasteiger partial charge in [-0.2, -0.15) is 8.42 Å². The molecule has 6 nitrogen and oxygen atoms in total. The molecule has 26 heavy (non-hydrogen) atoms. The summed E-state index contributed by atoms with van der Waals surface area (Å²) in [6, 6.07) is 11.4. The van der Waals surface area contributed by atoms with Crippen LogP contribution in [0.5, 0.6) is 0 Å². The van der Waals surface area contributed by atoms with Gasteiger partial charge in [0.1, 0.15) is 18.0 Å². The first kappa shape index (κ1) is 18.7. The number of nitrogens with zero attached hydrogens (tertiary/aromatic N) is 2. The molecular weight excluding hydrogens is 399 g/mol. The standard InChI is InChI=1S/C17H14Cl2N2O4S/c1-21(17-13-4-2-3-5-15(13)26(23,24)20-17)9-16(22)25-10-11-6-7-12(18)8-14(11)19/h2-8H,9-10H2,1H3. The summed E-state index contributed by atoms with van der Waals surface area (Å²) in [4.78, 5) is 13.7. The van der Waals surface area contributed by atoms with E-state index in [-0.39, 0.29) is 23.9 Å². The van der Waals surface area contributed by atoms with Gasteiger partial charge in [0.2, 0.25) is 0 Å². The van der Waals surface area contributed by atoms with Crippen LogP contribution in [0.4, 0.5) is 0 Å². The number of sulfonamides is 1. The fraction of sp³-hybridized carbons (Fsp3) is 0.176. The summed E-state index contributed by atoms with van der Waals surface area (Å²) in [5.41, 5.74) is 1.08. The molecule has 0 unspecified atom stereocenters. The van der Waals surface area contributed by atoms with E-state index in [4.69, 9.17) is 27.9 Å². The van der Waals surface area contributed by atoms with Crippen LogP contribution in [0.1, 0.15) is 11.1 Å². The highest BCUT2D eigenvalue weighted by atomic mass is 35.5. The smallest absolute Gasteiger partial charge is 0.325 e. The van der Waals surface area contributed by atoms with Crippen molar-refractivity contribution in [1.29, 1.82) is 0 Å². The third-order valence-corrected chi connectivity index (χ3v) is 5.66. The zero-order valence-corrected chi connectivity index (χ0v) is 16.0. The van der Waals surface area contributed by atoms with Crippen LogP contribution in [0.15, 0.2) is 51.8 Å². The van der Waals surface area contributed by atoms with E-state index in [0.717, 1.165) is 0 Å². The van der Waals surface area contributed by atoms with Gasteiger partial charge in [0.05, 0.1) is 0 Å². The zero-order valence-electron chi connectivity index (χ0n) is 13.6. The maximum Gasteiger partial charge on any atom is 0.325 e. The first-order valence-corrected chi connectivity index (χ1v) is 9.72. The monoisotopic (exact) mass is 412 g/mol. The minimum Gasteiger partial charge on any atom is -0.459 e. The minimum absolute atomic E-state index is 0.00988. The van der Waals surface area contributed by atoms with Crippen molar-refractivity contribution in [3.05, 3.63) is 63.6 Å². The van der Waals surface area contributed by atoms with Crippen molar-refractivity contribution in [3.8, 4) is 0 Å². The third-order valence-electron chi connectivity index (χ3n) is 3.74. The van der Waals surface area contributed by atoms with Crippen LogP contribution in [0.25, 0.3) is 0 Å². The molecule has 0 radical (unpaired) electrons. The van der Waals surface area contributed by atoms with Crippen LogP contribution in [0.2, 0.25) is 10.0 Å². The molecule has 136 valence electrons. The fourth-order valence-corrected chi connectivity index (χ4v) is 4.19. The summed E-state index contributed by atoms with van der Waals surface area (Å²) < 4.78 is 33.1. The van der Waals surface area contributed by atoms with Crippen molar-refractivity contribution < 1.29 is 17.9 Å². The van der Waals surface area contributed by atoms with E-state index in [9.17, 15) is 13.2 Å². The van der Waals surface area contributed by atoms with E-state index in [2.05, 4.69) is 4.40 Å². The molecule has 2 aromatic carbocycles. The summed E-state index contributed by atoms with van der Waals surface area (Å²) in [5.74, 6) is -0.329. The van der Waals surface area contributed by atoms with Crippen LogP contribution in [-0.2, 0) is 26.2 Å². The molecule has 3 rings (SSSR count). The van der Waals surface area contributed by atoms with Gasteiger partial charge in [-0.25, -0.2) is 0 Å². The molecule has 0 aliphatic carbocycles. The first-order chi connectivity index (χ1) is 12.3. The number of hydrogen-bond donors (Lipinski definition) is 0. The fourth-order valence-electron chi connectivity index (χ4n) is 2.47. The van der Waals surface area contributed by atoms with E-state index < -0.39 is 16.0 Å². The average molecular weight is 413 g/mol. The van der Waals surface area contributed by atoms with Gasteiger partial charge in [0, 0.05) is 28.2 Å². The molecule has 9 heteroatoms. The summed E-state index contributed by atoms with van der Waals surface area (Å²) in [6.45, 7) is -0.169. The van der Waals surface area contributed by atoms with Crippen molar-refractivity contribution >= 4 is 45.0 Å². The quantitative estimate of drug-likeness (QED) is 0.720. The second-order valence-corrected chi connectivity index (χ2v) is 8.05. The summed E-state index contributed by atoms with van der Waals surface area (Å²) in [5, 5.41) is 0.891. The predicted octanol–water partition coefficient (Wildman–Crippen LogP) is 3.12. The molecule has 0 N–H and O–H groups in total. The molecule has 0 bridgehead atoms. The minimum atomic E-state index is -3.74. The highest BCUT2D eigenvalue weighted by Gasteiger charge is 2.31. The van der Waals surface area contributed by atoms with E-state index in [1.165, 1.54) is 11.0 Å². The van der Waals surface area contributed by atoms with Gasteiger partial charge in [-0.15, -0.1) is 4.40 Å². The Kier molecular flexibility index (Phi) is 5.22. The van der Waals surface area contributed by atoms with Crippen LogP contribution >= 0.6 is 23.2 Å². The molecule has 0 saturated heterocycles. The summed E-state index contributed by atoms with van der Waals surface area (Å²) in [6.07, 6.45) is 0. The number of halogens is 2. The molecule has 2 aromatic rings. The van der Waals surface area contributed by atoms with Gasteiger partial charge in [-0.1, -0.05) is 41.4 Å². The van der Waals surface area contributed by atoms with E-state index in [0.29, 0.717) is 21.2 Å². The SMILES string of the molecule is CN(CC(=O)OCc1ccc(Cl)cc1Cl)C1=NS(=O)(=O)c2ccccc21. The number of benzene rings is 2. The number of carbonyl (C=O) groups excluding carboxylic acids is 1. The number of hydrogen-bond acceptors (Lipinski definition) is 5. The Balaban J connectivity index is 1.67. The Morgan fingerprint density at radius 2 is 1.92 bits per heavy atom. The number of rotatable bonds is 4. The summed E-state index contributed by atoms with van der Waals surface area (Å²) in [7, 11) is -2.16. The molecule has 0 aromatic heterocycles.